The molecule has 2 amide bonds. The van der Waals surface area contributed by atoms with Crippen LogP contribution in [0.25, 0.3) is 0 Å². The Morgan fingerprint density at radius 1 is 1.21 bits per heavy atom. The van der Waals surface area contributed by atoms with Gasteiger partial charge in [-0.15, -0.1) is 0 Å². The van der Waals surface area contributed by atoms with Crippen LogP contribution in [0.5, 0.6) is 11.5 Å². The van der Waals surface area contributed by atoms with Gasteiger partial charge in [0.25, 0.3) is 0 Å². The fourth-order valence-electron chi connectivity index (χ4n) is 2.32. The minimum Gasteiger partial charge on any atom is -0.504 e. The zero-order valence-corrected chi connectivity index (χ0v) is 18.0. The van der Waals surface area contributed by atoms with Gasteiger partial charge in [-0.1, -0.05) is 38.1 Å². The second-order valence-corrected chi connectivity index (χ2v) is 7.49. The number of carbonyl (C=O) groups is 2. The highest BCUT2D eigenvalue weighted by Gasteiger charge is 2.12. The van der Waals surface area contributed by atoms with Crippen molar-refractivity contribution >= 4 is 40.6 Å². The molecule has 3 N–H and O–H groups in total. The molecule has 0 aliphatic rings. The van der Waals surface area contributed by atoms with Crippen LogP contribution in [0.2, 0.25) is 0 Å². The first-order chi connectivity index (χ1) is 13.3. The number of hydrogen-bond acceptors (Lipinski definition) is 5. The van der Waals surface area contributed by atoms with Gasteiger partial charge >= 0.3 is 11.8 Å². The molecule has 0 fully saturated rings. The van der Waals surface area contributed by atoms with Gasteiger partial charge in [-0.05, 0) is 57.3 Å². The molecule has 0 aliphatic heterocycles. The second kappa shape index (κ2) is 10.1. The molecule has 28 heavy (non-hydrogen) atoms. The van der Waals surface area contributed by atoms with E-state index in [1.807, 2.05) is 46.9 Å². The fraction of sp³-hybridized carbons (Fsp3) is 0.250. The van der Waals surface area contributed by atoms with Crippen LogP contribution < -0.4 is 15.5 Å². The maximum Gasteiger partial charge on any atom is 0.329 e. The van der Waals surface area contributed by atoms with E-state index < -0.39 is 11.8 Å². The van der Waals surface area contributed by atoms with Gasteiger partial charge in [0.15, 0.2) is 11.5 Å². The molecule has 2 aromatic rings. The van der Waals surface area contributed by atoms with E-state index in [0.29, 0.717) is 20.8 Å². The summed E-state index contributed by atoms with van der Waals surface area (Å²) >= 11 is 1.95. The van der Waals surface area contributed by atoms with Crippen LogP contribution in [0.15, 0.2) is 41.5 Å². The number of phenols is 1. The SMILES string of the molecule is COc1cc(/C=N\NC(=O)C(=O)NCc2ccc(C(C)C)cc2)cc(I)c1O. The van der Waals surface area contributed by atoms with E-state index >= 15 is 0 Å². The summed E-state index contributed by atoms with van der Waals surface area (Å²) in [5.74, 6) is -0.881. The lowest BCUT2D eigenvalue weighted by molar-refractivity contribution is -0.139. The van der Waals surface area contributed by atoms with Gasteiger partial charge in [0.05, 0.1) is 16.9 Å². The van der Waals surface area contributed by atoms with E-state index in [4.69, 9.17) is 4.74 Å². The highest BCUT2D eigenvalue weighted by molar-refractivity contribution is 14.1. The van der Waals surface area contributed by atoms with Crippen molar-refractivity contribution in [1.29, 1.82) is 0 Å². The fourth-order valence-corrected chi connectivity index (χ4v) is 2.95. The van der Waals surface area contributed by atoms with Crippen molar-refractivity contribution in [1.82, 2.24) is 10.7 Å². The number of halogens is 1. The standard InChI is InChI=1S/C20H22IN3O4/c1-12(2)15-6-4-13(5-7-15)10-22-19(26)20(27)24-23-11-14-8-16(21)18(25)17(9-14)28-3/h4-9,11-12,25H,10H2,1-3H3,(H,22,26)(H,24,27)/b23-11-. The Bertz CT molecular complexity index is 880. The summed E-state index contributed by atoms with van der Waals surface area (Å²) in [6.45, 7) is 4.47. The van der Waals surface area contributed by atoms with Crippen LogP contribution >= 0.6 is 22.6 Å². The highest BCUT2D eigenvalue weighted by Crippen LogP contribution is 2.31. The van der Waals surface area contributed by atoms with Crippen molar-refractivity contribution < 1.29 is 19.4 Å². The number of rotatable bonds is 6. The number of hydrazone groups is 1. The average molecular weight is 495 g/mol. The van der Waals surface area contributed by atoms with Gasteiger partial charge in [0, 0.05) is 6.54 Å². The molecule has 0 bridgehead atoms. The summed E-state index contributed by atoms with van der Waals surface area (Å²) < 4.78 is 5.63. The number of amides is 2. The Kier molecular flexibility index (Phi) is 7.80. The monoisotopic (exact) mass is 495 g/mol. The number of aromatic hydroxyl groups is 1. The maximum absolute atomic E-state index is 11.9. The smallest absolute Gasteiger partial charge is 0.329 e. The van der Waals surface area contributed by atoms with E-state index in [9.17, 15) is 14.7 Å². The zero-order chi connectivity index (χ0) is 20.7. The molecule has 0 spiro atoms. The summed E-state index contributed by atoms with van der Waals surface area (Å²) in [6, 6.07) is 11.1. The van der Waals surface area contributed by atoms with E-state index in [-0.39, 0.29) is 12.3 Å². The quantitative estimate of drug-likeness (QED) is 0.249. The molecule has 2 rings (SSSR count). The molecule has 0 aliphatic carbocycles. The first-order valence-corrected chi connectivity index (χ1v) is 9.66. The predicted octanol–water partition coefficient (Wildman–Crippen LogP) is 2.90. The lowest BCUT2D eigenvalue weighted by Crippen LogP contribution is -2.37. The minimum absolute atomic E-state index is 0.0325. The first-order valence-electron chi connectivity index (χ1n) is 8.58. The second-order valence-electron chi connectivity index (χ2n) is 6.33. The Hall–Kier alpha value is -2.62. The van der Waals surface area contributed by atoms with Gasteiger partial charge in [-0.25, -0.2) is 5.43 Å². The number of benzene rings is 2. The van der Waals surface area contributed by atoms with E-state index in [1.165, 1.54) is 18.9 Å². The number of carbonyl (C=O) groups excluding carboxylic acids is 2. The van der Waals surface area contributed by atoms with Crippen molar-refractivity contribution in [3.8, 4) is 11.5 Å². The molecule has 0 unspecified atom stereocenters. The van der Waals surface area contributed by atoms with Crippen LogP contribution in [-0.4, -0.2) is 30.2 Å². The van der Waals surface area contributed by atoms with Crippen LogP contribution in [0.1, 0.15) is 36.5 Å². The van der Waals surface area contributed by atoms with Crippen molar-refractivity contribution in [2.24, 2.45) is 5.10 Å². The number of nitrogens with zero attached hydrogens (tertiary/aromatic N) is 1. The third-order valence-corrected chi connectivity index (χ3v) is 4.78. The van der Waals surface area contributed by atoms with Gasteiger partial charge < -0.3 is 15.2 Å². The third kappa shape index (κ3) is 5.95. The van der Waals surface area contributed by atoms with Gasteiger partial charge in [-0.2, -0.15) is 5.10 Å². The number of phenolic OH excluding ortho intramolecular Hbond substituents is 1. The van der Waals surface area contributed by atoms with Gasteiger partial charge in [0.1, 0.15) is 0 Å². The Balaban J connectivity index is 1.88. The summed E-state index contributed by atoms with van der Waals surface area (Å²) in [7, 11) is 1.44. The third-order valence-electron chi connectivity index (χ3n) is 3.96. The van der Waals surface area contributed by atoms with Gasteiger partial charge in [0.2, 0.25) is 0 Å². The molecule has 0 aromatic heterocycles. The lowest BCUT2D eigenvalue weighted by atomic mass is 10.0. The maximum atomic E-state index is 11.9. The minimum atomic E-state index is -0.865. The molecule has 7 nitrogen and oxygen atoms in total. The molecule has 8 heteroatoms. The largest absolute Gasteiger partial charge is 0.504 e. The lowest BCUT2D eigenvalue weighted by Gasteiger charge is -2.08. The molecule has 0 radical (unpaired) electrons. The van der Waals surface area contributed by atoms with Crippen molar-refractivity contribution in [2.75, 3.05) is 7.11 Å². The number of hydrogen-bond donors (Lipinski definition) is 3. The van der Waals surface area contributed by atoms with E-state index in [1.54, 1.807) is 12.1 Å². The molecule has 148 valence electrons. The molecular formula is C20H22IN3O4. The van der Waals surface area contributed by atoms with Crippen LogP contribution in [0.4, 0.5) is 0 Å². The number of nitrogens with one attached hydrogen (secondary N) is 2. The van der Waals surface area contributed by atoms with Crippen molar-refractivity contribution in [3.05, 3.63) is 56.7 Å². The highest BCUT2D eigenvalue weighted by atomic mass is 127. The molecule has 0 heterocycles. The average Bonchev–Trinajstić information content (AvgIpc) is 2.68. The zero-order valence-electron chi connectivity index (χ0n) is 15.8. The first kappa shape index (κ1) is 21.7. The van der Waals surface area contributed by atoms with Crippen LogP contribution in [0.3, 0.4) is 0 Å². The van der Waals surface area contributed by atoms with Crippen LogP contribution in [-0.2, 0) is 16.1 Å². The van der Waals surface area contributed by atoms with Crippen molar-refractivity contribution in [2.45, 2.75) is 26.3 Å². The van der Waals surface area contributed by atoms with E-state index in [2.05, 4.69) is 29.7 Å². The molecule has 2 aromatic carbocycles. The summed E-state index contributed by atoms with van der Waals surface area (Å²) in [5.41, 5.74) is 4.89. The summed E-state index contributed by atoms with van der Waals surface area (Å²) in [5, 5.41) is 16.1. The van der Waals surface area contributed by atoms with Crippen molar-refractivity contribution in [3.63, 3.8) is 0 Å². The topological polar surface area (TPSA) is 100 Å². The molecule has 0 atom stereocenters. The van der Waals surface area contributed by atoms with Gasteiger partial charge in [-0.3, -0.25) is 9.59 Å². The predicted molar refractivity (Wildman–Crippen MR) is 115 cm³/mol. The number of ether oxygens (including phenoxy) is 1. The summed E-state index contributed by atoms with van der Waals surface area (Å²) in [4.78, 5) is 23.7. The Labute approximate surface area is 177 Å². The Morgan fingerprint density at radius 3 is 2.50 bits per heavy atom. The van der Waals surface area contributed by atoms with E-state index in [0.717, 1.165) is 5.56 Å². The normalized spacial score (nSPS) is 10.9. The van der Waals surface area contributed by atoms with Crippen LogP contribution in [0, 0.1) is 3.57 Å². The molecule has 0 saturated carbocycles. The molecular weight excluding hydrogens is 473 g/mol. The number of methoxy groups -OCH3 is 1. The Morgan fingerprint density at radius 2 is 1.89 bits per heavy atom. The molecule has 0 saturated heterocycles. The summed E-state index contributed by atoms with van der Waals surface area (Å²) in [6.07, 6.45) is 1.36.